The number of hydrogen-bond acceptors (Lipinski definition) is 8. The summed E-state index contributed by atoms with van der Waals surface area (Å²) < 4.78 is 17.3. The number of para-hydroxylation sites is 2. The number of carbonyl (C=O) groups is 2. The van der Waals surface area contributed by atoms with Crippen molar-refractivity contribution in [2.24, 2.45) is 17.8 Å². The molecule has 38 heavy (non-hydrogen) atoms. The molecule has 9 heteroatoms. The minimum atomic E-state index is -1.12. The van der Waals surface area contributed by atoms with E-state index in [1.54, 1.807) is 24.3 Å². The Balaban J connectivity index is 1.72. The third kappa shape index (κ3) is 7.82. The Morgan fingerprint density at radius 1 is 1.13 bits per heavy atom. The van der Waals surface area contributed by atoms with E-state index < -0.39 is 48.9 Å². The first kappa shape index (κ1) is 29.7. The molecule has 0 heterocycles. The van der Waals surface area contributed by atoms with E-state index in [1.807, 2.05) is 19.1 Å². The van der Waals surface area contributed by atoms with Gasteiger partial charge in [0.05, 0.1) is 31.8 Å². The topological polar surface area (TPSA) is 143 Å². The average Bonchev–Trinajstić information content (AvgIpc) is 2.86. The molecule has 2 aliphatic carbocycles. The van der Waals surface area contributed by atoms with Gasteiger partial charge in [-0.2, -0.15) is 0 Å². The van der Waals surface area contributed by atoms with Crippen molar-refractivity contribution in [2.75, 3.05) is 7.11 Å². The van der Waals surface area contributed by atoms with Crippen molar-refractivity contribution < 1.29 is 44.2 Å². The number of aliphatic hydroxyl groups is 3. The number of aliphatic carboxylic acids is 1. The fourth-order valence-corrected chi connectivity index (χ4v) is 5.48. The van der Waals surface area contributed by atoms with E-state index in [4.69, 9.17) is 19.3 Å². The van der Waals surface area contributed by atoms with Crippen LogP contribution in [0.25, 0.3) is 0 Å². The number of allylic oxidation sites excluding steroid dienone is 2. The van der Waals surface area contributed by atoms with Gasteiger partial charge in [0.25, 0.3) is 0 Å². The number of esters is 1. The number of rotatable bonds is 13. The molecule has 8 atom stereocenters. The van der Waals surface area contributed by atoms with Gasteiger partial charge in [0.2, 0.25) is 0 Å². The Morgan fingerprint density at radius 2 is 1.84 bits per heavy atom. The number of fused-ring (bicyclic) bond motifs is 1. The second-order valence-corrected chi connectivity index (χ2v) is 10.2. The summed E-state index contributed by atoms with van der Waals surface area (Å²) in [6, 6.07) is 7.07. The highest BCUT2D eigenvalue weighted by molar-refractivity contribution is 5.75. The number of benzene rings is 1. The van der Waals surface area contributed by atoms with Crippen LogP contribution in [-0.4, -0.2) is 70.0 Å². The fraction of sp³-hybridized carbons (Fsp3) is 0.586. The van der Waals surface area contributed by atoms with Crippen LogP contribution in [0, 0.1) is 17.8 Å². The quantitative estimate of drug-likeness (QED) is 0.282. The fourth-order valence-electron chi connectivity index (χ4n) is 5.48. The van der Waals surface area contributed by atoms with Gasteiger partial charge in [-0.3, -0.25) is 4.79 Å². The van der Waals surface area contributed by atoms with Crippen molar-refractivity contribution in [3.63, 3.8) is 0 Å². The third-order valence-corrected chi connectivity index (χ3v) is 7.40. The molecule has 0 fully saturated rings. The summed E-state index contributed by atoms with van der Waals surface area (Å²) in [5.74, 6) is -0.730. The second-order valence-electron chi connectivity index (χ2n) is 10.2. The first-order valence-electron chi connectivity index (χ1n) is 13.3. The summed E-state index contributed by atoms with van der Waals surface area (Å²) in [5.41, 5.74) is 0.892. The lowest BCUT2D eigenvalue weighted by Crippen LogP contribution is -2.44. The number of carboxylic acids is 1. The number of carbonyl (C=O) groups excluding carboxylic acids is 1. The summed E-state index contributed by atoms with van der Waals surface area (Å²) in [7, 11) is 1.53. The third-order valence-electron chi connectivity index (χ3n) is 7.40. The predicted molar refractivity (Wildman–Crippen MR) is 140 cm³/mol. The van der Waals surface area contributed by atoms with Crippen LogP contribution in [0.5, 0.6) is 11.5 Å². The van der Waals surface area contributed by atoms with E-state index in [9.17, 15) is 24.9 Å². The molecule has 210 valence electrons. The molecule has 9 nitrogen and oxygen atoms in total. The Labute approximate surface area is 223 Å². The van der Waals surface area contributed by atoms with E-state index in [0.717, 1.165) is 5.57 Å². The highest BCUT2D eigenvalue weighted by atomic mass is 16.6. The zero-order valence-corrected chi connectivity index (χ0v) is 22.2. The van der Waals surface area contributed by atoms with E-state index in [-0.39, 0.29) is 30.6 Å². The summed E-state index contributed by atoms with van der Waals surface area (Å²) in [6.45, 7) is 3.89. The molecule has 0 aliphatic heterocycles. The molecular weight excluding hydrogens is 492 g/mol. The van der Waals surface area contributed by atoms with Gasteiger partial charge >= 0.3 is 11.9 Å². The summed E-state index contributed by atoms with van der Waals surface area (Å²) in [4.78, 5) is 24.1. The molecule has 3 rings (SSSR count). The van der Waals surface area contributed by atoms with Crippen molar-refractivity contribution in [3.05, 3.63) is 48.1 Å². The van der Waals surface area contributed by atoms with E-state index in [2.05, 4.69) is 13.0 Å². The van der Waals surface area contributed by atoms with E-state index in [0.29, 0.717) is 30.8 Å². The van der Waals surface area contributed by atoms with E-state index >= 15 is 0 Å². The lowest BCUT2D eigenvalue weighted by Gasteiger charge is -2.43. The number of methoxy groups -OCH3 is 1. The van der Waals surface area contributed by atoms with Crippen molar-refractivity contribution >= 4 is 11.9 Å². The normalized spacial score (nSPS) is 26.9. The van der Waals surface area contributed by atoms with Gasteiger partial charge in [-0.15, -0.1) is 0 Å². The predicted octanol–water partition coefficient (Wildman–Crippen LogP) is 3.26. The molecule has 0 aromatic heterocycles. The number of aliphatic hydroxyl groups excluding tert-OH is 3. The van der Waals surface area contributed by atoms with Gasteiger partial charge in [0.1, 0.15) is 6.10 Å². The zero-order chi connectivity index (χ0) is 27.8. The first-order valence-corrected chi connectivity index (χ1v) is 13.3. The van der Waals surface area contributed by atoms with Crippen LogP contribution in [-0.2, 0) is 14.3 Å². The summed E-state index contributed by atoms with van der Waals surface area (Å²) in [5, 5.41) is 39.7. The summed E-state index contributed by atoms with van der Waals surface area (Å²) in [6.07, 6.45) is 2.76. The molecule has 1 aromatic rings. The van der Waals surface area contributed by atoms with Crippen molar-refractivity contribution in [3.8, 4) is 11.5 Å². The number of hydrogen-bond donors (Lipinski definition) is 4. The highest BCUT2D eigenvalue weighted by Crippen LogP contribution is 2.44. The van der Waals surface area contributed by atoms with Crippen molar-refractivity contribution in [2.45, 2.75) is 82.9 Å². The molecule has 0 radical (unpaired) electrons. The van der Waals surface area contributed by atoms with Gasteiger partial charge in [-0.25, -0.2) is 4.79 Å². The van der Waals surface area contributed by atoms with Crippen LogP contribution in [0.15, 0.2) is 48.1 Å². The molecule has 0 amide bonds. The standard InChI is InChI=1S/C29H40O9/c1-4-23(37-25-8-6-5-7-24(25)36-3)29(35)38-26-15-20(31)13-18-10-9-17(2)22(28(18)26)12-11-19(30)14-21(32)16-27(33)34/h5-10,13,17,19-23,26,28,30-32H,4,11-12,14-16H2,1-3H3,(H,33,34)/t17-,19-,20-,21-,22+,23+,26+,28+/m1/s1. The van der Waals surface area contributed by atoms with Gasteiger partial charge in [-0.05, 0) is 55.2 Å². The Morgan fingerprint density at radius 3 is 2.50 bits per heavy atom. The smallest absolute Gasteiger partial charge is 0.347 e. The van der Waals surface area contributed by atoms with E-state index in [1.165, 1.54) is 7.11 Å². The van der Waals surface area contributed by atoms with Crippen LogP contribution in [0.1, 0.15) is 52.4 Å². The van der Waals surface area contributed by atoms with Crippen LogP contribution < -0.4 is 9.47 Å². The largest absolute Gasteiger partial charge is 0.493 e. The molecule has 0 unspecified atom stereocenters. The molecule has 4 N–H and O–H groups in total. The molecular formula is C29H40O9. The summed E-state index contributed by atoms with van der Waals surface area (Å²) >= 11 is 0. The second kappa shape index (κ2) is 13.8. The van der Waals surface area contributed by atoms with Gasteiger partial charge in [0.15, 0.2) is 17.6 Å². The van der Waals surface area contributed by atoms with Crippen LogP contribution in [0.4, 0.5) is 0 Å². The van der Waals surface area contributed by atoms with Crippen LogP contribution in [0.2, 0.25) is 0 Å². The number of carboxylic acid groups (broad SMARTS) is 1. The minimum Gasteiger partial charge on any atom is -0.493 e. The molecule has 1 aromatic carbocycles. The molecule has 0 bridgehead atoms. The maximum atomic E-state index is 13.3. The first-order chi connectivity index (χ1) is 18.1. The van der Waals surface area contributed by atoms with Gasteiger partial charge in [0, 0.05) is 12.3 Å². The Bertz CT molecular complexity index is 1000. The molecule has 2 aliphatic rings. The lowest BCUT2D eigenvalue weighted by molar-refractivity contribution is -0.163. The monoisotopic (exact) mass is 532 g/mol. The molecule has 0 spiro atoms. The van der Waals surface area contributed by atoms with Crippen molar-refractivity contribution in [1.29, 1.82) is 0 Å². The lowest BCUT2D eigenvalue weighted by atomic mass is 9.66. The van der Waals surface area contributed by atoms with Crippen LogP contribution >= 0.6 is 0 Å². The molecule has 0 saturated carbocycles. The minimum absolute atomic E-state index is 0.0121. The maximum Gasteiger partial charge on any atom is 0.347 e. The van der Waals surface area contributed by atoms with Crippen LogP contribution in [0.3, 0.4) is 0 Å². The van der Waals surface area contributed by atoms with Gasteiger partial charge in [-0.1, -0.05) is 44.2 Å². The molecule has 0 saturated heterocycles. The number of ether oxygens (including phenoxy) is 3. The highest BCUT2D eigenvalue weighted by Gasteiger charge is 2.42. The Kier molecular flexibility index (Phi) is 10.8. The zero-order valence-electron chi connectivity index (χ0n) is 22.2. The SMILES string of the molecule is CC[C@H](Oc1ccccc1OC)C(=O)O[C@H]1C[C@H](O)C=C2C=C[C@@H](C)[C@H](CC[C@@H](O)C[C@@H](O)CC(=O)O)[C@H]21. The Hall–Kier alpha value is -2.88. The van der Waals surface area contributed by atoms with Gasteiger partial charge < -0.3 is 34.6 Å². The maximum absolute atomic E-state index is 13.3. The van der Waals surface area contributed by atoms with Crippen molar-refractivity contribution in [1.82, 2.24) is 0 Å². The average molecular weight is 533 g/mol.